The predicted molar refractivity (Wildman–Crippen MR) is 93.7 cm³/mol. The zero-order valence-electron chi connectivity index (χ0n) is 13.9. The van der Waals surface area contributed by atoms with Crippen LogP contribution in [0.15, 0.2) is 24.3 Å². The molecule has 128 valence electrons. The van der Waals surface area contributed by atoms with Gasteiger partial charge in [0.2, 0.25) is 0 Å². The van der Waals surface area contributed by atoms with Crippen molar-refractivity contribution >= 4 is 17.5 Å². The highest BCUT2D eigenvalue weighted by Gasteiger charge is 2.24. The summed E-state index contributed by atoms with van der Waals surface area (Å²) in [7, 11) is 0. The molecular formula is C17H22ClN5O. The van der Waals surface area contributed by atoms with Gasteiger partial charge in [-0.3, -0.25) is 4.79 Å². The van der Waals surface area contributed by atoms with E-state index < -0.39 is 0 Å². The van der Waals surface area contributed by atoms with Gasteiger partial charge in [0.25, 0.3) is 5.91 Å². The van der Waals surface area contributed by atoms with Gasteiger partial charge >= 0.3 is 0 Å². The number of nitrogens with one attached hydrogen (secondary N) is 2. The normalized spacial score (nSPS) is 20.8. The average Bonchev–Trinajstić information content (AvgIpc) is 2.99. The number of nitrogens with zero attached hydrogens (tertiary/aromatic N) is 3. The molecule has 24 heavy (non-hydrogen) atoms. The van der Waals surface area contributed by atoms with Crippen molar-refractivity contribution in [3.8, 4) is 5.69 Å². The summed E-state index contributed by atoms with van der Waals surface area (Å²) in [5.74, 6) is -0.153. The first kappa shape index (κ1) is 16.9. The van der Waals surface area contributed by atoms with Crippen LogP contribution in [0.5, 0.6) is 0 Å². The highest BCUT2D eigenvalue weighted by atomic mass is 35.5. The largest absolute Gasteiger partial charge is 0.348 e. The molecule has 2 atom stereocenters. The molecule has 1 aromatic heterocycles. The molecule has 6 nitrogen and oxygen atoms in total. The molecule has 0 bridgehead atoms. The van der Waals surface area contributed by atoms with Gasteiger partial charge in [-0.15, -0.1) is 5.10 Å². The minimum atomic E-state index is -0.153. The van der Waals surface area contributed by atoms with Gasteiger partial charge in [0.05, 0.1) is 11.4 Å². The highest BCUT2D eigenvalue weighted by Crippen LogP contribution is 2.18. The van der Waals surface area contributed by atoms with Crippen molar-refractivity contribution in [1.82, 2.24) is 25.6 Å². The molecule has 2 N–H and O–H groups in total. The van der Waals surface area contributed by atoms with Crippen molar-refractivity contribution in [2.75, 3.05) is 6.54 Å². The van der Waals surface area contributed by atoms with Crippen LogP contribution in [0.25, 0.3) is 5.69 Å². The van der Waals surface area contributed by atoms with Crippen molar-refractivity contribution in [3.05, 3.63) is 40.7 Å². The summed E-state index contributed by atoms with van der Waals surface area (Å²) < 4.78 is 1.69. The summed E-state index contributed by atoms with van der Waals surface area (Å²) in [6, 6.07) is 7.96. The van der Waals surface area contributed by atoms with Gasteiger partial charge in [0.15, 0.2) is 5.69 Å². The number of amides is 1. The van der Waals surface area contributed by atoms with E-state index in [1.54, 1.807) is 10.7 Å². The highest BCUT2D eigenvalue weighted by molar-refractivity contribution is 6.30. The van der Waals surface area contributed by atoms with E-state index >= 15 is 0 Å². The number of hydrogen-bond donors (Lipinski definition) is 2. The van der Waals surface area contributed by atoms with E-state index in [2.05, 4.69) is 27.9 Å². The van der Waals surface area contributed by atoms with E-state index in [9.17, 15) is 4.79 Å². The third-order valence-corrected chi connectivity index (χ3v) is 4.56. The third-order valence-electron chi connectivity index (χ3n) is 4.32. The van der Waals surface area contributed by atoms with E-state index in [0.29, 0.717) is 23.2 Å². The van der Waals surface area contributed by atoms with E-state index in [-0.39, 0.29) is 11.9 Å². The fourth-order valence-electron chi connectivity index (χ4n) is 3.13. The number of piperidine rings is 1. The molecular weight excluding hydrogens is 326 g/mol. The molecule has 3 rings (SSSR count). The first-order chi connectivity index (χ1) is 11.6. The first-order valence-electron chi connectivity index (χ1n) is 8.33. The van der Waals surface area contributed by atoms with E-state index in [1.807, 2.05) is 25.1 Å². The maximum absolute atomic E-state index is 12.6. The Hall–Kier alpha value is -1.92. The number of benzene rings is 1. The lowest BCUT2D eigenvalue weighted by Gasteiger charge is -2.28. The number of carbonyl (C=O) groups is 1. The van der Waals surface area contributed by atoms with Crippen LogP contribution in [0, 0.1) is 0 Å². The van der Waals surface area contributed by atoms with Gasteiger partial charge < -0.3 is 10.6 Å². The zero-order valence-corrected chi connectivity index (χ0v) is 14.7. The molecule has 0 saturated carbocycles. The summed E-state index contributed by atoms with van der Waals surface area (Å²) in [5, 5.41) is 15.4. The van der Waals surface area contributed by atoms with Crippen LogP contribution in [-0.4, -0.2) is 39.5 Å². The molecule has 2 heterocycles. The molecule has 1 aliphatic rings. The molecule has 0 radical (unpaired) electrons. The SMILES string of the molecule is CCc1c(C(=O)NC2CCNC(C)C2)nnn1-c1cccc(Cl)c1. The van der Waals surface area contributed by atoms with E-state index in [1.165, 1.54) is 0 Å². The quantitative estimate of drug-likeness (QED) is 0.890. The number of rotatable bonds is 4. The predicted octanol–water partition coefficient (Wildman–Crippen LogP) is 2.35. The minimum absolute atomic E-state index is 0.153. The topological polar surface area (TPSA) is 71.8 Å². The first-order valence-corrected chi connectivity index (χ1v) is 8.71. The number of aromatic nitrogens is 3. The van der Waals surface area contributed by atoms with Gasteiger partial charge in [-0.1, -0.05) is 29.8 Å². The second-order valence-corrected chi connectivity index (χ2v) is 6.62. The van der Waals surface area contributed by atoms with Crippen LogP contribution >= 0.6 is 11.6 Å². The molecule has 1 aliphatic heterocycles. The van der Waals surface area contributed by atoms with Crippen LogP contribution in [0.1, 0.15) is 42.9 Å². The third kappa shape index (κ3) is 3.60. The fourth-order valence-corrected chi connectivity index (χ4v) is 3.31. The summed E-state index contributed by atoms with van der Waals surface area (Å²) >= 11 is 6.06. The molecule has 2 aromatic rings. The van der Waals surface area contributed by atoms with Crippen molar-refractivity contribution in [2.24, 2.45) is 0 Å². The summed E-state index contributed by atoms with van der Waals surface area (Å²) in [4.78, 5) is 12.6. The standard InChI is InChI=1S/C17H22ClN5O/c1-3-15-16(17(24)20-13-7-8-19-11(2)9-13)21-22-23(15)14-6-4-5-12(18)10-14/h4-6,10-11,13,19H,3,7-9H2,1-2H3,(H,20,24). The Bertz CT molecular complexity index is 730. The van der Waals surface area contributed by atoms with Gasteiger partial charge in [0, 0.05) is 17.1 Å². The Labute approximate surface area is 146 Å². The Kier molecular flexibility index (Phi) is 5.16. The second-order valence-electron chi connectivity index (χ2n) is 6.18. The van der Waals surface area contributed by atoms with Crippen molar-refractivity contribution in [3.63, 3.8) is 0 Å². The summed E-state index contributed by atoms with van der Waals surface area (Å²) in [6.07, 6.45) is 2.51. The lowest BCUT2D eigenvalue weighted by molar-refractivity contribution is 0.0919. The van der Waals surface area contributed by atoms with E-state index in [4.69, 9.17) is 11.6 Å². The minimum Gasteiger partial charge on any atom is -0.348 e. The van der Waals surface area contributed by atoms with Crippen LogP contribution < -0.4 is 10.6 Å². The zero-order chi connectivity index (χ0) is 17.1. The number of hydrogen-bond acceptors (Lipinski definition) is 4. The maximum atomic E-state index is 12.6. The van der Waals surface area contributed by atoms with Crippen molar-refractivity contribution in [1.29, 1.82) is 0 Å². The monoisotopic (exact) mass is 347 g/mol. The Morgan fingerprint density at radius 1 is 1.50 bits per heavy atom. The van der Waals surface area contributed by atoms with Gasteiger partial charge in [-0.2, -0.15) is 0 Å². The molecule has 7 heteroatoms. The molecule has 1 fully saturated rings. The molecule has 2 unspecified atom stereocenters. The van der Waals surface area contributed by atoms with Crippen LogP contribution in [0.3, 0.4) is 0 Å². The molecule has 1 aromatic carbocycles. The number of halogens is 1. The van der Waals surface area contributed by atoms with Crippen molar-refractivity contribution in [2.45, 2.75) is 45.2 Å². The van der Waals surface area contributed by atoms with E-state index in [0.717, 1.165) is 30.8 Å². The smallest absolute Gasteiger partial charge is 0.273 e. The molecule has 1 amide bonds. The van der Waals surface area contributed by atoms with Gasteiger partial charge in [-0.25, -0.2) is 4.68 Å². The maximum Gasteiger partial charge on any atom is 0.273 e. The van der Waals surface area contributed by atoms with Crippen LogP contribution in [0.4, 0.5) is 0 Å². The summed E-state index contributed by atoms with van der Waals surface area (Å²) in [6.45, 7) is 5.04. The lowest BCUT2D eigenvalue weighted by Crippen LogP contribution is -2.46. The average molecular weight is 348 g/mol. The molecule has 0 aliphatic carbocycles. The Morgan fingerprint density at radius 3 is 3.04 bits per heavy atom. The van der Waals surface area contributed by atoms with Crippen LogP contribution in [-0.2, 0) is 6.42 Å². The van der Waals surface area contributed by atoms with Crippen molar-refractivity contribution < 1.29 is 4.79 Å². The fraction of sp³-hybridized carbons (Fsp3) is 0.471. The Morgan fingerprint density at radius 2 is 2.33 bits per heavy atom. The van der Waals surface area contributed by atoms with Gasteiger partial charge in [0.1, 0.15) is 0 Å². The second kappa shape index (κ2) is 7.32. The Balaban J connectivity index is 1.82. The number of carbonyl (C=O) groups excluding carboxylic acids is 1. The molecule has 1 saturated heterocycles. The van der Waals surface area contributed by atoms with Crippen LogP contribution in [0.2, 0.25) is 5.02 Å². The lowest BCUT2D eigenvalue weighted by atomic mass is 10.0. The summed E-state index contributed by atoms with van der Waals surface area (Å²) in [5.41, 5.74) is 1.99. The van der Waals surface area contributed by atoms with Gasteiger partial charge in [-0.05, 0) is 50.9 Å². The molecule has 0 spiro atoms.